The van der Waals surface area contributed by atoms with Crippen LogP contribution in [0.1, 0.15) is 18.4 Å². The number of hydrazine groups is 1. The van der Waals surface area contributed by atoms with E-state index in [1.54, 1.807) is 12.1 Å². The zero-order valence-electron chi connectivity index (χ0n) is 8.41. The maximum atomic E-state index is 13.3. The number of hydrogen-bond acceptors (Lipinski definition) is 2. The number of hydrogen-bond donors (Lipinski definition) is 2. The van der Waals surface area contributed by atoms with Crippen molar-refractivity contribution in [2.45, 2.75) is 25.3 Å². The van der Waals surface area contributed by atoms with Crippen LogP contribution in [-0.2, 0) is 6.42 Å². The number of halogens is 1. The molecule has 0 amide bonds. The van der Waals surface area contributed by atoms with Gasteiger partial charge in [0.2, 0.25) is 0 Å². The van der Waals surface area contributed by atoms with Crippen LogP contribution in [0, 0.1) is 5.82 Å². The van der Waals surface area contributed by atoms with Crippen LogP contribution < -0.4 is 11.3 Å². The highest BCUT2D eigenvalue weighted by atomic mass is 19.1. The summed E-state index contributed by atoms with van der Waals surface area (Å²) in [4.78, 5) is 4.36. The monoisotopic (exact) mass is 207 g/mol. The number of nitrogens with one attached hydrogen (secondary N) is 1. The Morgan fingerprint density at radius 2 is 2.20 bits per heavy atom. The lowest BCUT2D eigenvalue weighted by atomic mass is 10.1. The molecule has 3 N–H and O–H groups in total. The lowest BCUT2D eigenvalue weighted by molar-refractivity contribution is 0.615. The largest absolute Gasteiger partial charge is 0.312 e. The van der Waals surface area contributed by atoms with Crippen LogP contribution in [-0.4, -0.2) is 11.9 Å². The van der Waals surface area contributed by atoms with Gasteiger partial charge in [-0.05, 0) is 24.5 Å². The van der Waals surface area contributed by atoms with E-state index in [1.807, 2.05) is 6.07 Å². The third-order valence-corrected chi connectivity index (χ3v) is 2.37. The predicted molar refractivity (Wildman–Crippen MR) is 57.9 cm³/mol. The average molecular weight is 207 g/mol. The molecule has 0 atom stereocenters. The first-order chi connectivity index (χ1) is 7.29. The fourth-order valence-electron chi connectivity index (χ4n) is 1.38. The van der Waals surface area contributed by atoms with Crippen molar-refractivity contribution in [3.8, 4) is 0 Å². The third kappa shape index (κ3) is 2.76. The van der Waals surface area contributed by atoms with Gasteiger partial charge in [0.1, 0.15) is 11.7 Å². The van der Waals surface area contributed by atoms with Gasteiger partial charge < -0.3 is 5.43 Å². The zero-order chi connectivity index (χ0) is 10.7. The van der Waals surface area contributed by atoms with Crippen molar-refractivity contribution < 1.29 is 4.39 Å². The lowest BCUT2D eigenvalue weighted by Gasteiger charge is -2.06. The van der Waals surface area contributed by atoms with E-state index < -0.39 is 0 Å². The Kier molecular flexibility index (Phi) is 2.97. The van der Waals surface area contributed by atoms with Gasteiger partial charge in [-0.1, -0.05) is 18.2 Å². The minimum atomic E-state index is -0.212. The first kappa shape index (κ1) is 10.1. The second-order valence-corrected chi connectivity index (χ2v) is 3.72. The van der Waals surface area contributed by atoms with Gasteiger partial charge in [0.15, 0.2) is 0 Å². The summed E-state index contributed by atoms with van der Waals surface area (Å²) in [5.74, 6) is 5.79. The van der Waals surface area contributed by atoms with Crippen LogP contribution in [0.3, 0.4) is 0 Å². The number of amidine groups is 1. The zero-order valence-corrected chi connectivity index (χ0v) is 8.41. The van der Waals surface area contributed by atoms with Gasteiger partial charge in [0.25, 0.3) is 0 Å². The minimum Gasteiger partial charge on any atom is -0.312 e. The van der Waals surface area contributed by atoms with E-state index in [9.17, 15) is 4.39 Å². The molecule has 1 saturated carbocycles. The van der Waals surface area contributed by atoms with Crippen molar-refractivity contribution in [3.63, 3.8) is 0 Å². The quantitative estimate of drug-likeness (QED) is 0.340. The Balaban J connectivity index is 2.09. The summed E-state index contributed by atoms with van der Waals surface area (Å²) in [6.07, 6.45) is 2.66. The second kappa shape index (κ2) is 4.40. The molecule has 80 valence electrons. The highest BCUT2D eigenvalue weighted by molar-refractivity contribution is 5.84. The van der Waals surface area contributed by atoms with E-state index in [-0.39, 0.29) is 5.82 Å². The summed E-state index contributed by atoms with van der Waals surface area (Å²) in [6, 6.07) is 7.06. The maximum absolute atomic E-state index is 13.3. The fraction of sp³-hybridized carbons (Fsp3) is 0.364. The van der Waals surface area contributed by atoms with Crippen LogP contribution in [0.5, 0.6) is 0 Å². The van der Waals surface area contributed by atoms with Gasteiger partial charge in [-0.25, -0.2) is 10.2 Å². The molecule has 0 heterocycles. The Morgan fingerprint density at radius 1 is 1.47 bits per heavy atom. The predicted octanol–water partition coefficient (Wildman–Crippen LogP) is 1.39. The van der Waals surface area contributed by atoms with Crippen LogP contribution in [0.15, 0.2) is 29.3 Å². The SMILES string of the molecule is NNC(Cc1ccccc1F)=NC1CC1. The molecular weight excluding hydrogens is 193 g/mol. The van der Waals surface area contributed by atoms with Crippen molar-refractivity contribution in [2.75, 3.05) is 0 Å². The van der Waals surface area contributed by atoms with E-state index in [4.69, 9.17) is 5.84 Å². The Bertz CT molecular complexity index is 372. The number of aliphatic imine (C=N–C) groups is 1. The summed E-state index contributed by atoms with van der Waals surface area (Å²) in [6.45, 7) is 0. The van der Waals surface area contributed by atoms with Crippen LogP contribution in [0.4, 0.5) is 4.39 Å². The van der Waals surface area contributed by atoms with Crippen molar-refractivity contribution in [2.24, 2.45) is 10.8 Å². The van der Waals surface area contributed by atoms with Crippen LogP contribution >= 0.6 is 0 Å². The van der Waals surface area contributed by atoms with Crippen LogP contribution in [0.25, 0.3) is 0 Å². The summed E-state index contributed by atoms with van der Waals surface area (Å²) in [7, 11) is 0. The Hall–Kier alpha value is -1.42. The van der Waals surface area contributed by atoms with E-state index >= 15 is 0 Å². The smallest absolute Gasteiger partial charge is 0.126 e. The number of benzene rings is 1. The van der Waals surface area contributed by atoms with Gasteiger partial charge >= 0.3 is 0 Å². The van der Waals surface area contributed by atoms with Gasteiger partial charge in [-0.3, -0.25) is 4.99 Å². The molecule has 1 aromatic carbocycles. The summed E-state index contributed by atoms with van der Waals surface area (Å²) >= 11 is 0. The van der Waals surface area contributed by atoms with Crippen molar-refractivity contribution in [1.29, 1.82) is 0 Å². The molecule has 2 rings (SSSR count). The van der Waals surface area contributed by atoms with E-state index in [2.05, 4.69) is 10.4 Å². The molecule has 0 aliphatic heterocycles. The molecule has 1 aliphatic rings. The standard InChI is InChI=1S/C11H14FN3/c12-10-4-2-1-3-8(10)7-11(15-13)14-9-5-6-9/h1-4,9H,5-7,13H2,(H,14,15). The summed E-state index contributed by atoms with van der Waals surface area (Å²) in [5.41, 5.74) is 3.15. The van der Waals surface area contributed by atoms with Crippen molar-refractivity contribution in [1.82, 2.24) is 5.43 Å². The van der Waals surface area contributed by atoms with E-state index in [0.29, 0.717) is 23.9 Å². The van der Waals surface area contributed by atoms with Gasteiger partial charge in [0, 0.05) is 6.42 Å². The molecule has 0 radical (unpaired) electrons. The number of rotatable bonds is 3. The summed E-state index contributed by atoms with van der Waals surface area (Å²) < 4.78 is 13.3. The van der Waals surface area contributed by atoms with E-state index in [1.165, 1.54) is 6.07 Å². The average Bonchev–Trinajstić information content (AvgIpc) is 3.04. The number of nitrogens with two attached hydrogens (primary N) is 1. The molecule has 15 heavy (non-hydrogen) atoms. The van der Waals surface area contributed by atoms with Gasteiger partial charge in [-0.15, -0.1) is 0 Å². The Labute approximate surface area is 88.2 Å². The molecule has 1 fully saturated rings. The fourth-order valence-corrected chi connectivity index (χ4v) is 1.38. The molecule has 3 nitrogen and oxygen atoms in total. The number of nitrogens with zero attached hydrogens (tertiary/aromatic N) is 1. The lowest BCUT2D eigenvalue weighted by Crippen LogP contribution is -2.32. The first-order valence-electron chi connectivity index (χ1n) is 5.06. The third-order valence-electron chi connectivity index (χ3n) is 2.37. The highest BCUT2D eigenvalue weighted by Gasteiger charge is 2.21. The normalized spacial score (nSPS) is 16.5. The molecule has 0 aromatic heterocycles. The van der Waals surface area contributed by atoms with Crippen molar-refractivity contribution >= 4 is 5.84 Å². The highest BCUT2D eigenvalue weighted by Crippen LogP contribution is 2.23. The molecule has 0 unspecified atom stereocenters. The molecule has 1 aromatic rings. The molecule has 4 heteroatoms. The molecule has 0 spiro atoms. The summed E-state index contributed by atoms with van der Waals surface area (Å²) in [5, 5.41) is 0. The van der Waals surface area contributed by atoms with Crippen LogP contribution in [0.2, 0.25) is 0 Å². The molecule has 0 bridgehead atoms. The topological polar surface area (TPSA) is 50.4 Å². The molecule has 0 saturated heterocycles. The first-order valence-corrected chi connectivity index (χ1v) is 5.06. The van der Waals surface area contributed by atoms with E-state index in [0.717, 1.165) is 12.8 Å². The van der Waals surface area contributed by atoms with Gasteiger partial charge in [-0.2, -0.15) is 0 Å². The minimum absolute atomic E-state index is 0.212. The van der Waals surface area contributed by atoms with Gasteiger partial charge in [0.05, 0.1) is 6.04 Å². The Morgan fingerprint density at radius 3 is 2.80 bits per heavy atom. The molecule has 1 aliphatic carbocycles. The van der Waals surface area contributed by atoms with Crippen molar-refractivity contribution in [3.05, 3.63) is 35.6 Å². The molecular formula is C11H14FN3. The second-order valence-electron chi connectivity index (χ2n) is 3.72. The maximum Gasteiger partial charge on any atom is 0.126 e.